The Bertz CT molecular complexity index is 929. The maximum Gasteiger partial charge on any atom is 0.163 e. The molecule has 4 rings (SSSR count). The molecule has 1 aromatic carbocycles. The first-order valence-corrected chi connectivity index (χ1v) is 10.8. The molecule has 1 aliphatic heterocycles. The standard InChI is InChI=1S/C24H27BrO4/c1-23(2)9-15(26)21-18(11-23)29-19-12-24(3,4)10-16(27)22(19)20(21)14-8-13(25)6-7-17(14)28-5/h6-8,20H,9-12H2,1-5H3. The van der Waals surface area contributed by atoms with Crippen molar-refractivity contribution in [2.24, 2.45) is 10.8 Å². The van der Waals surface area contributed by atoms with Crippen LogP contribution >= 0.6 is 15.9 Å². The molecule has 0 spiro atoms. The van der Waals surface area contributed by atoms with Crippen molar-refractivity contribution in [1.29, 1.82) is 0 Å². The highest BCUT2D eigenvalue weighted by Crippen LogP contribution is 2.54. The Balaban J connectivity index is 1.97. The van der Waals surface area contributed by atoms with Gasteiger partial charge in [-0.1, -0.05) is 43.6 Å². The van der Waals surface area contributed by atoms with Crippen LogP contribution in [0.15, 0.2) is 45.3 Å². The predicted molar refractivity (Wildman–Crippen MR) is 115 cm³/mol. The third-order valence-electron chi connectivity index (χ3n) is 6.08. The Morgan fingerprint density at radius 3 is 1.93 bits per heavy atom. The lowest BCUT2D eigenvalue weighted by molar-refractivity contribution is -0.120. The summed E-state index contributed by atoms with van der Waals surface area (Å²) in [5.41, 5.74) is 1.79. The SMILES string of the molecule is COc1ccc(Br)cc1C1C2=C(CC(C)(C)CC2=O)OC2=C1C(=O)CC(C)(C)C2. The van der Waals surface area contributed by atoms with E-state index >= 15 is 0 Å². The lowest BCUT2D eigenvalue weighted by Gasteiger charge is -2.43. The van der Waals surface area contributed by atoms with Gasteiger partial charge >= 0.3 is 0 Å². The number of ketones is 2. The Kier molecular flexibility index (Phi) is 4.80. The number of Topliss-reactive ketones (excluding diaryl/α,β-unsaturated/α-hetero) is 2. The molecule has 0 aromatic heterocycles. The second-order valence-corrected chi connectivity index (χ2v) is 10.9. The van der Waals surface area contributed by atoms with Crippen molar-refractivity contribution < 1.29 is 19.1 Å². The molecule has 1 aromatic rings. The van der Waals surface area contributed by atoms with Gasteiger partial charge in [0.15, 0.2) is 11.6 Å². The lowest BCUT2D eigenvalue weighted by atomic mass is 9.65. The van der Waals surface area contributed by atoms with Crippen molar-refractivity contribution in [2.75, 3.05) is 7.11 Å². The highest BCUT2D eigenvalue weighted by molar-refractivity contribution is 9.10. The zero-order valence-electron chi connectivity index (χ0n) is 17.6. The van der Waals surface area contributed by atoms with Crippen LogP contribution in [0.5, 0.6) is 5.75 Å². The van der Waals surface area contributed by atoms with Crippen LogP contribution in [-0.2, 0) is 14.3 Å². The number of carbonyl (C=O) groups excluding carboxylic acids is 2. The van der Waals surface area contributed by atoms with Crippen LogP contribution in [0.1, 0.15) is 64.9 Å². The third kappa shape index (κ3) is 3.58. The molecule has 1 heterocycles. The number of hydrogen-bond acceptors (Lipinski definition) is 4. The Morgan fingerprint density at radius 1 is 0.931 bits per heavy atom. The van der Waals surface area contributed by atoms with E-state index in [0.29, 0.717) is 42.6 Å². The summed E-state index contributed by atoms with van der Waals surface area (Å²) in [7, 11) is 1.62. The van der Waals surface area contributed by atoms with Gasteiger partial charge in [0.05, 0.1) is 13.0 Å². The third-order valence-corrected chi connectivity index (χ3v) is 6.58. The molecule has 0 unspecified atom stereocenters. The maximum absolute atomic E-state index is 13.3. The number of methoxy groups -OCH3 is 1. The number of rotatable bonds is 2. The number of halogens is 1. The van der Waals surface area contributed by atoms with Gasteiger partial charge in [-0.25, -0.2) is 0 Å². The van der Waals surface area contributed by atoms with E-state index in [-0.39, 0.29) is 22.4 Å². The number of carbonyl (C=O) groups is 2. The van der Waals surface area contributed by atoms with E-state index in [1.807, 2.05) is 18.2 Å². The second kappa shape index (κ2) is 6.83. The Hall–Kier alpha value is -1.88. The van der Waals surface area contributed by atoms with E-state index < -0.39 is 5.92 Å². The first kappa shape index (κ1) is 20.4. The molecule has 0 saturated carbocycles. The second-order valence-electron chi connectivity index (χ2n) is 9.98. The quantitative estimate of drug-likeness (QED) is 0.556. The summed E-state index contributed by atoms with van der Waals surface area (Å²) in [6, 6.07) is 5.75. The summed E-state index contributed by atoms with van der Waals surface area (Å²) in [6.07, 6.45) is 2.27. The van der Waals surface area contributed by atoms with Crippen molar-refractivity contribution in [3.8, 4) is 5.75 Å². The van der Waals surface area contributed by atoms with Crippen molar-refractivity contribution in [3.05, 3.63) is 50.9 Å². The topological polar surface area (TPSA) is 52.6 Å². The molecule has 0 atom stereocenters. The molecule has 0 bridgehead atoms. The molecule has 4 nitrogen and oxygen atoms in total. The van der Waals surface area contributed by atoms with Crippen molar-refractivity contribution in [1.82, 2.24) is 0 Å². The highest BCUT2D eigenvalue weighted by atomic mass is 79.9. The molecule has 0 saturated heterocycles. The van der Waals surface area contributed by atoms with Gasteiger partial charge in [-0.2, -0.15) is 0 Å². The smallest absolute Gasteiger partial charge is 0.163 e. The molecule has 0 fully saturated rings. The largest absolute Gasteiger partial charge is 0.496 e. The van der Waals surface area contributed by atoms with Crippen LogP contribution in [0.2, 0.25) is 0 Å². The molecule has 0 N–H and O–H groups in total. The van der Waals surface area contributed by atoms with E-state index in [2.05, 4.69) is 43.6 Å². The van der Waals surface area contributed by atoms with Gasteiger partial charge in [0.1, 0.15) is 17.3 Å². The lowest BCUT2D eigenvalue weighted by Crippen LogP contribution is -2.37. The van der Waals surface area contributed by atoms with Gasteiger partial charge < -0.3 is 9.47 Å². The number of hydrogen-bond donors (Lipinski definition) is 0. The number of benzene rings is 1. The summed E-state index contributed by atoms with van der Waals surface area (Å²) >= 11 is 3.55. The average Bonchev–Trinajstić information content (AvgIpc) is 2.57. The minimum absolute atomic E-state index is 0.0625. The molecule has 0 radical (unpaired) electrons. The summed E-state index contributed by atoms with van der Waals surface area (Å²) in [4.78, 5) is 26.6. The van der Waals surface area contributed by atoms with E-state index in [1.165, 1.54) is 0 Å². The minimum Gasteiger partial charge on any atom is -0.496 e. The molecule has 2 aliphatic carbocycles. The van der Waals surface area contributed by atoms with Crippen molar-refractivity contribution in [3.63, 3.8) is 0 Å². The van der Waals surface area contributed by atoms with Crippen LogP contribution in [0.3, 0.4) is 0 Å². The van der Waals surface area contributed by atoms with E-state index in [4.69, 9.17) is 9.47 Å². The fraction of sp³-hybridized carbons (Fsp3) is 0.500. The molecule has 0 amide bonds. The van der Waals surface area contributed by atoms with Crippen LogP contribution in [-0.4, -0.2) is 18.7 Å². The summed E-state index contributed by atoms with van der Waals surface area (Å²) in [5.74, 6) is 1.81. The van der Waals surface area contributed by atoms with Gasteiger partial charge in [-0.3, -0.25) is 9.59 Å². The van der Waals surface area contributed by atoms with Gasteiger partial charge in [0.25, 0.3) is 0 Å². The summed E-state index contributed by atoms with van der Waals surface area (Å²) in [5, 5.41) is 0. The van der Waals surface area contributed by atoms with E-state index in [1.54, 1.807) is 7.11 Å². The molecule has 3 aliphatic rings. The van der Waals surface area contributed by atoms with Gasteiger partial charge in [-0.05, 0) is 29.0 Å². The van der Waals surface area contributed by atoms with Gasteiger partial charge in [-0.15, -0.1) is 0 Å². The first-order valence-electron chi connectivity index (χ1n) is 10.1. The van der Waals surface area contributed by atoms with Crippen LogP contribution in [0, 0.1) is 10.8 Å². The van der Waals surface area contributed by atoms with Crippen LogP contribution < -0.4 is 4.74 Å². The van der Waals surface area contributed by atoms with Crippen LogP contribution in [0.4, 0.5) is 0 Å². The zero-order valence-corrected chi connectivity index (χ0v) is 19.2. The Morgan fingerprint density at radius 2 is 1.45 bits per heavy atom. The average molecular weight is 459 g/mol. The molecular formula is C24H27BrO4. The minimum atomic E-state index is -0.437. The molecular weight excluding hydrogens is 432 g/mol. The van der Waals surface area contributed by atoms with Gasteiger partial charge in [0.2, 0.25) is 0 Å². The van der Waals surface area contributed by atoms with Crippen molar-refractivity contribution >= 4 is 27.5 Å². The van der Waals surface area contributed by atoms with E-state index in [9.17, 15) is 9.59 Å². The highest BCUT2D eigenvalue weighted by Gasteiger charge is 2.48. The summed E-state index contributed by atoms with van der Waals surface area (Å²) in [6.45, 7) is 8.36. The molecule has 5 heteroatoms. The first-order chi connectivity index (χ1) is 13.5. The predicted octanol–water partition coefficient (Wildman–Crippen LogP) is 5.86. The monoisotopic (exact) mass is 458 g/mol. The fourth-order valence-corrected chi connectivity index (χ4v) is 5.30. The van der Waals surface area contributed by atoms with E-state index in [0.717, 1.165) is 21.6 Å². The van der Waals surface area contributed by atoms with Crippen LogP contribution in [0.25, 0.3) is 0 Å². The normalized spacial score (nSPS) is 23.5. The number of ether oxygens (including phenoxy) is 2. The maximum atomic E-state index is 13.3. The Labute approximate surface area is 180 Å². The number of allylic oxidation sites excluding steroid dienone is 4. The van der Waals surface area contributed by atoms with Crippen molar-refractivity contribution in [2.45, 2.75) is 59.3 Å². The zero-order chi connectivity index (χ0) is 21.1. The molecule has 29 heavy (non-hydrogen) atoms. The summed E-state index contributed by atoms with van der Waals surface area (Å²) < 4.78 is 12.8. The molecule has 154 valence electrons. The fourth-order valence-electron chi connectivity index (χ4n) is 4.92. The van der Waals surface area contributed by atoms with Gasteiger partial charge in [0, 0.05) is 46.9 Å².